The van der Waals surface area contributed by atoms with Crippen LogP contribution in [0.25, 0.3) is 0 Å². The molecule has 0 aliphatic heterocycles. The fourth-order valence-corrected chi connectivity index (χ4v) is 1.85. The summed E-state index contributed by atoms with van der Waals surface area (Å²) in [7, 11) is 0. The molecule has 3 nitrogen and oxygen atoms in total. The number of benzene rings is 1. The molecule has 19 heavy (non-hydrogen) atoms. The summed E-state index contributed by atoms with van der Waals surface area (Å²) in [5.74, 6) is -0.615. The lowest BCUT2D eigenvalue weighted by molar-refractivity contribution is -0.137. The highest BCUT2D eigenvalue weighted by molar-refractivity contribution is 9.10. The smallest absolute Gasteiger partial charge is 0.325 e. The Morgan fingerprint density at radius 3 is 2.37 bits per heavy atom. The minimum Gasteiger partial charge on any atom is -0.325 e. The molecule has 0 radical (unpaired) electrons. The predicted octanol–water partition coefficient (Wildman–Crippen LogP) is 3.39. The van der Waals surface area contributed by atoms with Crippen molar-refractivity contribution in [3.8, 4) is 0 Å². The molecule has 0 spiro atoms. The summed E-state index contributed by atoms with van der Waals surface area (Å²) in [5, 5.41) is 2.38. The molecule has 0 aliphatic rings. The van der Waals surface area contributed by atoms with Crippen LogP contribution in [-0.2, 0) is 11.0 Å². The third kappa shape index (κ3) is 4.50. The molecule has 1 atom stereocenters. The number of hydrogen-bond acceptors (Lipinski definition) is 2. The number of anilines is 1. The summed E-state index contributed by atoms with van der Waals surface area (Å²) in [4.78, 5) is 11.7. The maximum Gasteiger partial charge on any atom is 0.416 e. The lowest BCUT2D eigenvalue weighted by Crippen LogP contribution is -2.39. The monoisotopic (exact) mass is 338 g/mol. The molecule has 0 aromatic heterocycles. The van der Waals surface area contributed by atoms with E-state index in [1.807, 2.05) is 0 Å². The van der Waals surface area contributed by atoms with Crippen LogP contribution in [-0.4, -0.2) is 11.9 Å². The Kier molecular flexibility index (Phi) is 4.98. The molecule has 1 aromatic rings. The summed E-state index contributed by atoms with van der Waals surface area (Å²) in [6, 6.07) is 2.43. The lowest BCUT2D eigenvalue weighted by Gasteiger charge is -2.16. The normalized spacial score (nSPS) is 13.5. The lowest BCUT2D eigenvalue weighted by atomic mass is 10.0. The van der Waals surface area contributed by atoms with Crippen molar-refractivity contribution < 1.29 is 18.0 Å². The van der Waals surface area contributed by atoms with Gasteiger partial charge in [-0.3, -0.25) is 4.79 Å². The van der Waals surface area contributed by atoms with Gasteiger partial charge in [-0.25, -0.2) is 0 Å². The SMILES string of the molecule is CC(C)[C@@H](N)C(=O)Nc1cc(Br)cc(C(F)(F)F)c1. The Balaban J connectivity index is 2.97. The summed E-state index contributed by atoms with van der Waals surface area (Å²) in [5.41, 5.74) is 4.84. The number of nitrogens with two attached hydrogens (primary N) is 1. The van der Waals surface area contributed by atoms with Gasteiger partial charge in [0.2, 0.25) is 5.91 Å². The molecular formula is C12H14BrF3N2O. The van der Waals surface area contributed by atoms with E-state index in [0.717, 1.165) is 12.1 Å². The molecule has 0 heterocycles. The minimum absolute atomic E-state index is 0.0581. The van der Waals surface area contributed by atoms with E-state index in [9.17, 15) is 18.0 Å². The van der Waals surface area contributed by atoms with Gasteiger partial charge in [0.25, 0.3) is 0 Å². The van der Waals surface area contributed by atoms with Crippen molar-refractivity contribution in [1.29, 1.82) is 0 Å². The number of nitrogens with one attached hydrogen (secondary N) is 1. The second-order valence-electron chi connectivity index (χ2n) is 4.49. The van der Waals surface area contributed by atoms with Crippen molar-refractivity contribution in [2.24, 2.45) is 11.7 Å². The maximum atomic E-state index is 12.6. The van der Waals surface area contributed by atoms with Gasteiger partial charge in [0, 0.05) is 10.2 Å². The third-order valence-electron chi connectivity index (χ3n) is 2.51. The molecule has 0 aliphatic carbocycles. The Morgan fingerprint density at radius 1 is 1.32 bits per heavy atom. The van der Waals surface area contributed by atoms with Crippen LogP contribution in [0.4, 0.5) is 18.9 Å². The van der Waals surface area contributed by atoms with Crippen molar-refractivity contribution in [2.45, 2.75) is 26.1 Å². The molecule has 106 valence electrons. The summed E-state index contributed by atoms with van der Waals surface area (Å²) < 4.78 is 38.1. The van der Waals surface area contributed by atoms with E-state index in [0.29, 0.717) is 0 Å². The zero-order valence-electron chi connectivity index (χ0n) is 10.4. The molecule has 1 aromatic carbocycles. The molecule has 1 rings (SSSR count). The number of carbonyl (C=O) groups is 1. The van der Waals surface area contributed by atoms with Crippen molar-refractivity contribution in [3.05, 3.63) is 28.2 Å². The van der Waals surface area contributed by atoms with Gasteiger partial charge in [0.05, 0.1) is 11.6 Å². The standard InChI is InChI=1S/C12H14BrF3N2O/c1-6(2)10(17)11(19)18-9-4-7(12(14,15)16)3-8(13)5-9/h3-6,10H,17H2,1-2H3,(H,18,19)/t10-/m1/s1. The van der Waals surface area contributed by atoms with Gasteiger partial charge in [-0.2, -0.15) is 13.2 Å². The zero-order chi connectivity index (χ0) is 14.8. The van der Waals surface area contributed by atoms with Gasteiger partial charge in [-0.05, 0) is 24.1 Å². The van der Waals surface area contributed by atoms with Crippen LogP contribution in [0, 0.1) is 5.92 Å². The summed E-state index contributed by atoms with van der Waals surface area (Å²) >= 11 is 2.98. The van der Waals surface area contributed by atoms with Gasteiger partial charge in [-0.1, -0.05) is 29.8 Å². The third-order valence-corrected chi connectivity index (χ3v) is 2.97. The van der Waals surface area contributed by atoms with Crippen LogP contribution in [0.1, 0.15) is 19.4 Å². The van der Waals surface area contributed by atoms with E-state index < -0.39 is 23.7 Å². The Labute approximate surface area is 117 Å². The molecule has 1 amide bonds. The largest absolute Gasteiger partial charge is 0.416 e. The molecular weight excluding hydrogens is 325 g/mol. The van der Waals surface area contributed by atoms with Crippen LogP contribution in [0.15, 0.2) is 22.7 Å². The molecule has 0 bridgehead atoms. The Bertz CT molecular complexity index is 475. The molecule has 0 saturated heterocycles. The second kappa shape index (κ2) is 5.92. The first kappa shape index (κ1) is 16.0. The number of amides is 1. The number of halogens is 4. The van der Waals surface area contributed by atoms with Gasteiger partial charge in [0.15, 0.2) is 0 Å². The highest BCUT2D eigenvalue weighted by atomic mass is 79.9. The van der Waals surface area contributed by atoms with Crippen molar-refractivity contribution in [1.82, 2.24) is 0 Å². The van der Waals surface area contributed by atoms with Crippen LogP contribution in [0.5, 0.6) is 0 Å². The van der Waals surface area contributed by atoms with Crippen molar-refractivity contribution >= 4 is 27.5 Å². The number of carbonyl (C=O) groups excluding carboxylic acids is 1. The molecule has 0 saturated carbocycles. The number of hydrogen-bond donors (Lipinski definition) is 2. The van der Waals surface area contributed by atoms with E-state index in [4.69, 9.17) is 5.73 Å². The first-order chi connectivity index (χ1) is 8.61. The quantitative estimate of drug-likeness (QED) is 0.887. The summed E-state index contributed by atoms with van der Waals surface area (Å²) in [6.07, 6.45) is -4.47. The van der Waals surface area contributed by atoms with Crippen LogP contribution in [0.3, 0.4) is 0 Å². The van der Waals surface area contributed by atoms with Gasteiger partial charge in [0.1, 0.15) is 0 Å². The fourth-order valence-electron chi connectivity index (χ4n) is 1.35. The first-order valence-corrected chi connectivity index (χ1v) is 6.35. The average molecular weight is 339 g/mol. The molecule has 3 N–H and O–H groups in total. The first-order valence-electron chi connectivity index (χ1n) is 5.55. The van der Waals surface area contributed by atoms with E-state index in [-0.39, 0.29) is 16.1 Å². The highest BCUT2D eigenvalue weighted by Gasteiger charge is 2.31. The molecule has 0 unspecified atom stereocenters. The number of alkyl halides is 3. The fraction of sp³-hybridized carbons (Fsp3) is 0.417. The van der Waals surface area contributed by atoms with Gasteiger partial charge < -0.3 is 11.1 Å². The van der Waals surface area contributed by atoms with Crippen molar-refractivity contribution in [3.63, 3.8) is 0 Å². The van der Waals surface area contributed by atoms with Crippen LogP contribution >= 0.6 is 15.9 Å². The topological polar surface area (TPSA) is 55.1 Å². The second-order valence-corrected chi connectivity index (χ2v) is 5.40. The van der Waals surface area contributed by atoms with Gasteiger partial charge in [-0.15, -0.1) is 0 Å². The predicted molar refractivity (Wildman–Crippen MR) is 70.6 cm³/mol. The van der Waals surface area contributed by atoms with Crippen molar-refractivity contribution in [2.75, 3.05) is 5.32 Å². The van der Waals surface area contributed by atoms with Gasteiger partial charge >= 0.3 is 6.18 Å². The minimum atomic E-state index is -4.47. The zero-order valence-corrected chi connectivity index (χ0v) is 12.0. The maximum absolute atomic E-state index is 12.6. The summed E-state index contributed by atoms with van der Waals surface area (Å²) in [6.45, 7) is 3.51. The molecule has 0 fully saturated rings. The van der Waals surface area contributed by atoms with Crippen LogP contribution < -0.4 is 11.1 Å². The van der Waals surface area contributed by atoms with E-state index >= 15 is 0 Å². The van der Waals surface area contributed by atoms with Crippen LogP contribution in [0.2, 0.25) is 0 Å². The highest BCUT2D eigenvalue weighted by Crippen LogP contribution is 2.33. The van der Waals surface area contributed by atoms with E-state index in [2.05, 4.69) is 21.2 Å². The Hall–Kier alpha value is -1.08. The number of rotatable bonds is 3. The average Bonchev–Trinajstić information content (AvgIpc) is 2.25. The Morgan fingerprint density at radius 2 is 1.89 bits per heavy atom. The molecule has 7 heteroatoms. The van der Waals surface area contributed by atoms with E-state index in [1.54, 1.807) is 13.8 Å². The van der Waals surface area contributed by atoms with E-state index in [1.165, 1.54) is 6.07 Å².